The second-order valence-electron chi connectivity index (χ2n) is 4.12. The molecule has 94 valence electrons. The number of carbonyl (C=O) groups excluding carboxylic acids is 1. The largest absolute Gasteiger partial charge is 0.293 e. The van der Waals surface area contributed by atoms with E-state index in [9.17, 15) is 4.79 Å². The van der Waals surface area contributed by atoms with Crippen molar-refractivity contribution in [2.45, 2.75) is 24.7 Å². The molecule has 1 nitrogen and oxygen atoms in total. The number of ketones is 1. The van der Waals surface area contributed by atoms with Gasteiger partial charge in [-0.1, -0.05) is 24.3 Å². The molecular formula is C15H16OS2. The Morgan fingerprint density at radius 1 is 1.22 bits per heavy atom. The Bertz CT molecular complexity index is 503. The molecule has 1 aromatic heterocycles. The molecule has 3 heteroatoms. The van der Waals surface area contributed by atoms with Crippen LogP contribution in [0.1, 0.15) is 28.1 Å². The Morgan fingerprint density at radius 2 is 2.06 bits per heavy atom. The predicted octanol–water partition coefficient (Wildman–Crippen LogP) is 4.81. The van der Waals surface area contributed by atoms with Crippen LogP contribution in [0.4, 0.5) is 0 Å². The van der Waals surface area contributed by atoms with Crippen LogP contribution in [0.5, 0.6) is 0 Å². The van der Waals surface area contributed by atoms with Crippen LogP contribution in [-0.2, 0) is 0 Å². The standard InChI is InChI=1S/C15H16OS2/c1-12-6-2-3-8-14(12)17-10-4-7-13(16)15-9-5-11-18-15/h2-3,5-6,8-9,11H,4,7,10H2,1H3. The first-order valence-electron chi connectivity index (χ1n) is 6.02. The summed E-state index contributed by atoms with van der Waals surface area (Å²) in [7, 11) is 0. The Kier molecular flexibility index (Phi) is 5.02. The predicted molar refractivity (Wildman–Crippen MR) is 79.8 cm³/mol. The second kappa shape index (κ2) is 6.76. The summed E-state index contributed by atoms with van der Waals surface area (Å²) in [5.74, 6) is 1.28. The minimum Gasteiger partial charge on any atom is -0.293 e. The zero-order valence-corrected chi connectivity index (χ0v) is 12.0. The summed E-state index contributed by atoms with van der Waals surface area (Å²) in [5, 5.41) is 1.95. The molecular weight excluding hydrogens is 260 g/mol. The summed E-state index contributed by atoms with van der Waals surface area (Å²) in [5.41, 5.74) is 1.31. The van der Waals surface area contributed by atoms with E-state index >= 15 is 0 Å². The van der Waals surface area contributed by atoms with E-state index in [1.54, 1.807) is 0 Å². The molecule has 0 saturated carbocycles. The SMILES string of the molecule is Cc1ccccc1SCCCC(=O)c1cccs1. The summed E-state index contributed by atoms with van der Waals surface area (Å²) in [6.07, 6.45) is 1.59. The van der Waals surface area contributed by atoms with Crippen molar-refractivity contribution in [3.8, 4) is 0 Å². The van der Waals surface area contributed by atoms with E-state index in [2.05, 4.69) is 31.2 Å². The van der Waals surface area contributed by atoms with Crippen LogP contribution >= 0.6 is 23.1 Å². The van der Waals surface area contributed by atoms with E-state index in [4.69, 9.17) is 0 Å². The normalized spacial score (nSPS) is 10.5. The third-order valence-corrected chi connectivity index (χ3v) is 4.87. The third kappa shape index (κ3) is 3.72. The van der Waals surface area contributed by atoms with Gasteiger partial charge in [0.25, 0.3) is 0 Å². The molecule has 0 aliphatic heterocycles. The quantitative estimate of drug-likeness (QED) is 0.428. The highest BCUT2D eigenvalue weighted by molar-refractivity contribution is 7.99. The van der Waals surface area contributed by atoms with Gasteiger partial charge in [0.1, 0.15) is 0 Å². The van der Waals surface area contributed by atoms with Crippen molar-refractivity contribution in [1.29, 1.82) is 0 Å². The van der Waals surface area contributed by atoms with Crippen LogP contribution in [0.2, 0.25) is 0 Å². The molecule has 2 aromatic rings. The van der Waals surface area contributed by atoms with Crippen molar-refractivity contribution in [2.75, 3.05) is 5.75 Å². The van der Waals surface area contributed by atoms with E-state index < -0.39 is 0 Å². The Morgan fingerprint density at radius 3 is 2.78 bits per heavy atom. The fraction of sp³-hybridized carbons (Fsp3) is 0.267. The molecule has 2 rings (SSSR count). The zero-order valence-electron chi connectivity index (χ0n) is 10.4. The number of carbonyl (C=O) groups is 1. The molecule has 0 atom stereocenters. The Balaban J connectivity index is 1.74. The molecule has 18 heavy (non-hydrogen) atoms. The maximum Gasteiger partial charge on any atom is 0.172 e. The van der Waals surface area contributed by atoms with Gasteiger partial charge in [0.05, 0.1) is 4.88 Å². The van der Waals surface area contributed by atoms with Crippen molar-refractivity contribution in [1.82, 2.24) is 0 Å². The summed E-state index contributed by atoms with van der Waals surface area (Å²) in [6.45, 7) is 2.12. The van der Waals surface area contributed by atoms with Crippen molar-refractivity contribution in [2.24, 2.45) is 0 Å². The number of thiophene rings is 1. The summed E-state index contributed by atoms with van der Waals surface area (Å²) >= 11 is 3.37. The van der Waals surface area contributed by atoms with Gasteiger partial charge in [-0.05, 0) is 42.2 Å². The lowest BCUT2D eigenvalue weighted by Gasteiger charge is -2.04. The van der Waals surface area contributed by atoms with Crippen molar-refractivity contribution < 1.29 is 4.79 Å². The van der Waals surface area contributed by atoms with Crippen molar-refractivity contribution >= 4 is 28.9 Å². The molecule has 0 saturated heterocycles. The van der Waals surface area contributed by atoms with Crippen LogP contribution < -0.4 is 0 Å². The molecule has 0 aliphatic carbocycles. The van der Waals surface area contributed by atoms with E-state index in [0.29, 0.717) is 6.42 Å². The minimum atomic E-state index is 0.274. The molecule has 1 aromatic carbocycles. The maximum absolute atomic E-state index is 11.8. The average molecular weight is 276 g/mol. The van der Waals surface area contributed by atoms with E-state index in [-0.39, 0.29) is 5.78 Å². The summed E-state index contributed by atoms with van der Waals surface area (Å²) in [4.78, 5) is 14.0. The fourth-order valence-corrected chi connectivity index (χ4v) is 3.37. The molecule has 0 unspecified atom stereocenters. The number of thioether (sulfide) groups is 1. The fourth-order valence-electron chi connectivity index (χ4n) is 1.69. The zero-order chi connectivity index (χ0) is 12.8. The first kappa shape index (κ1) is 13.4. The smallest absolute Gasteiger partial charge is 0.172 e. The number of hydrogen-bond donors (Lipinski definition) is 0. The summed E-state index contributed by atoms with van der Waals surface area (Å²) in [6, 6.07) is 12.2. The molecule has 1 heterocycles. The van der Waals surface area contributed by atoms with Crippen LogP contribution in [0.3, 0.4) is 0 Å². The highest BCUT2D eigenvalue weighted by Crippen LogP contribution is 2.23. The number of rotatable bonds is 6. The van der Waals surface area contributed by atoms with Gasteiger partial charge >= 0.3 is 0 Å². The topological polar surface area (TPSA) is 17.1 Å². The van der Waals surface area contributed by atoms with E-state index in [1.165, 1.54) is 21.8 Å². The Hall–Kier alpha value is -1.06. The molecule has 0 spiro atoms. The van der Waals surface area contributed by atoms with Gasteiger partial charge in [0, 0.05) is 11.3 Å². The van der Waals surface area contributed by atoms with Crippen molar-refractivity contribution in [3.05, 3.63) is 52.2 Å². The lowest BCUT2D eigenvalue weighted by molar-refractivity contribution is 0.0986. The average Bonchev–Trinajstić information content (AvgIpc) is 2.90. The molecule has 0 bridgehead atoms. The minimum absolute atomic E-state index is 0.274. The summed E-state index contributed by atoms with van der Waals surface area (Å²) < 4.78 is 0. The van der Waals surface area contributed by atoms with Crippen LogP contribution in [-0.4, -0.2) is 11.5 Å². The van der Waals surface area contributed by atoms with Gasteiger partial charge in [-0.15, -0.1) is 23.1 Å². The van der Waals surface area contributed by atoms with E-state index in [0.717, 1.165) is 17.1 Å². The molecule has 0 fully saturated rings. The van der Waals surface area contributed by atoms with Gasteiger partial charge in [-0.2, -0.15) is 0 Å². The number of Topliss-reactive ketones (excluding diaryl/α,β-unsaturated/α-hetero) is 1. The van der Waals surface area contributed by atoms with E-state index in [1.807, 2.05) is 29.3 Å². The first-order chi connectivity index (χ1) is 8.77. The van der Waals surface area contributed by atoms with Gasteiger partial charge in [-0.3, -0.25) is 4.79 Å². The lowest BCUT2D eigenvalue weighted by atomic mass is 10.2. The van der Waals surface area contributed by atoms with Crippen LogP contribution in [0, 0.1) is 6.92 Å². The number of benzene rings is 1. The highest BCUT2D eigenvalue weighted by Gasteiger charge is 2.06. The second-order valence-corrected chi connectivity index (χ2v) is 6.20. The maximum atomic E-state index is 11.8. The lowest BCUT2D eigenvalue weighted by Crippen LogP contribution is -1.96. The number of aryl methyl sites for hydroxylation is 1. The molecule has 0 radical (unpaired) electrons. The monoisotopic (exact) mass is 276 g/mol. The van der Waals surface area contributed by atoms with Crippen LogP contribution in [0.25, 0.3) is 0 Å². The van der Waals surface area contributed by atoms with Crippen LogP contribution in [0.15, 0.2) is 46.7 Å². The first-order valence-corrected chi connectivity index (χ1v) is 7.89. The highest BCUT2D eigenvalue weighted by atomic mass is 32.2. The number of hydrogen-bond acceptors (Lipinski definition) is 3. The van der Waals surface area contributed by atoms with Crippen molar-refractivity contribution in [3.63, 3.8) is 0 Å². The molecule has 0 amide bonds. The molecule has 0 aliphatic rings. The Labute approximate surface area is 116 Å². The van der Waals surface area contributed by atoms with Gasteiger partial charge in [-0.25, -0.2) is 0 Å². The van der Waals surface area contributed by atoms with Gasteiger partial charge < -0.3 is 0 Å². The molecule has 0 N–H and O–H groups in total. The van der Waals surface area contributed by atoms with Gasteiger partial charge in [0.15, 0.2) is 5.78 Å². The third-order valence-electron chi connectivity index (χ3n) is 2.70. The van der Waals surface area contributed by atoms with Gasteiger partial charge in [0.2, 0.25) is 0 Å².